The molecule has 7 nitrogen and oxygen atoms in total. The minimum atomic E-state index is -0.136. The lowest BCUT2D eigenvalue weighted by Gasteiger charge is -2.30. The highest BCUT2D eigenvalue weighted by molar-refractivity contribution is 9.10. The van der Waals surface area contributed by atoms with E-state index < -0.39 is 0 Å². The number of carbonyl (C=O) groups excluding carboxylic acids is 2. The lowest BCUT2D eigenvalue weighted by molar-refractivity contribution is -0.121. The van der Waals surface area contributed by atoms with E-state index in [4.69, 9.17) is 4.52 Å². The number of rotatable bonds is 6. The zero-order chi connectivity index (χ0) is 21.8. The van der Waals surface area contributed by atoms with Crippen molar-refractivity contribution in [3.63, 3.8) is 0 Å². The third-order valence-corrected chi connectivity index (χ3v) is 5.87. The highest BCUT2D eigenvalue weighted by atomic mass is 79.9. The number of benzene rings is 2. The monoisotopic (exact) mass is 482 g/mol. The first kappa shape index (κ1) is 21.4. The van der Waals surface area contributed by atoms with Crippen molar-refractivity contribution in [2.75, 3.05) is 18.4 Å². The Morgan fingerprint density at radius 2 is 2.03 bits per heavy atom. The van der Waals surface area contributed by atoms with Crippen LogP contribution in [-0.4, -0.2) is 39.8 Å². The molecule has 31 heavy (non-hydrogen) atoms. The van der Waals surface area contributed by atoms with E-state index in [0.717, 1.165) is 29.4 Å². The summed E-state index contributed by atoms with van der Waals surface area (Å²) in [5.74, 6) is 0.893. The van der Waals surface area contributed by atoms with Crippen molar-refractivity contribution in [2.24, 2.45) is 5.92 Å². The van der Waals surface area contributed by atoms with E-state index in [1.165, 1.54) is 6.92 Å². The van der Waals surface area contributed by atoms with Crippen molar-refractivity contribution in [3.8, 4) is 11.4 Å². The van der Waals surface area contributed by atoms with Gasteiger partial charge in [0.05, 0.1) is 12.5 Å². The first-order valence-electron chi connectivity index (χ1n) is 10.2. The highest BCUT2D eigenvalue weighted by Crippen LogP contribution is 2.23. The summed E-state index contributed by atoms with van der Waals surface area (Å²) in [6, 6.07) is 14.8. The molecule has 0 saturated carbocycles. The normalized spacial score (nSPS) is 16.8. The van der Waals surface area contributed by atoms with E-state index in [1.807, 2.05) is 24.3 Å². The van der Waals surface area contributed by atoms with Crippen LogP contribution in [0.4, 0.5) is 5.69 Å². The summed E-state index contributed by atoms with van der Waals surface area (Å²) in [4.78, 5) is 31.0. The molecule has 1 atom stereocenters. The first-order valence-corrected chi connectivity index (χ1v) is 11.0. The minimum absolute atomic E-state index is 0.0259. The summed E-state index contributed by atoms with van der Waals surface area (Å²) < 4.78 is 6.42. The fourth-order valence-electron chi connectivity index (χ4n) is 3.70. The van der Waals surface area contributed by atoms with Crippen molar-refractivity contribution in [2.45, 2.75) is 26.3 Å². The molecule has 8 heteroatoms. The molecule has 0 bridgehead atoms. The molecule has 1 N–H and O–H groups in total. The number of likely N-dealkylation sites (tertiary alicyclic amines) is 1. The van der Waals surface area contributed by atoms with Crippen LogP contribution >= 0.6 is 15.9 Å². The van der Waals surface area contributed by atoms with Gasteiger partial charge < -0.3 is 9.84 Å². The van der Waals surface area contributed by atoms with Crippen LogP contribution in [0.15, 0.2) is 57.5 Å². The van der Waals surface area contributed by atoms with Gasteiger partial charge >= 0.3 is 0 Å². The van der Waals surface area contributed by atoms with Gasteiger partial charge in [-0.3, -0.25) is 14.5 Å². The Morgan fingerprint density at radius 3 is 2.81 bits per heavy atom. The molecule has 1 amide bonds. The van der Waals surface area contributed by atoms with E-state index in [9.17, 15) is 9.59 Å². The number of hydrogen-bond acceptors (Lipinski definition) is 6. The average Bonchev–Trinajstić information content (AvgIpc) is 3.23. The van der Waals surface area contributed by atoms with Gasteiger partial charge in [-0.2, -0.15) is 4.98 Å². The molecular formula is C23H23BrN4O3. The molecule has 4 rings (SSSR count). The first-order chi connectivity index (χ1) is 15.0. The van der Waals surface area contributed by atoms with Gasteiger partial charge in [0, 0.05) is 27.8 Å². The van der Waals surface area contributed by atoms with Gasteiger partial charge in [-0.25, -0.2) is 0 Å². The molecule has 160 valence electrons. The minimum Gasteiger partial charge on any atom is -0.338 e. The molecule has 0 radical (unpaired) electrons. The zero-order valence-corrected chi connectivity index (χ0v) is 18.8. The molecule has 0 aliphatic carbocycles. The van der Waals surface area contributed by atoms with E-state index in [0.29, 0.717) is 36.1 Å². The number of nitrogens with zero attached hydrogens (tertiary/aromatic N) is 3. The van der Waals surface area contributed by atoms with Crippen LogP contribution in [0.1, 0.15) is 36.0 Å². The molecule has 1 saturated heterocycles. The number of Topliss-reactive ketones (excluding diaryl/α,β-unsaturated/α-hetero) is 1. The van der Waals surface area contributed by atoms with Crippen LogP contribution in [0, 0.1) is 5.92 Å². The fraction of sp³-hybridized carbons (Fsp3) is 0.304. The molecular weight excluding hydrogens is 460 g/mol. The number of amides is 1. The third kappa shape index (κ3) is 5.45. The maximum Gasteiger partial charge on any atom is 0.241 e. The summed E-state index contributed by atoms with van der Waals surface area (Å²) >= 11 is 3.42. The summed E-state index contributed by atoms with van der Waals surface area (Å²) in [6.07, 6.45) is 1.74. The standard InChI is InChI=1S/C23H23BrN4O3/c1-15(29)17-4-2-6-20(12-17)25-23(30)18-5-3-11-28(13-18)14-21-26-22(27-31-21)16-7-9-19(24)10-8-16/h2,4,6-10,12,18H,3,5,11,13-14H2,1H3,(H,25,30). The maximum atomic E-state index is 12.8. The second-order valence-electron chi connectivity index (χ2n) is 7.72. The quantitative estimate of drug-likeness (QED) is 0.518. The average molecular weight is 483 g/mol. The van der Waals surface area contributed by atoms with Crippen LogP contribution in [0.5, 0.6) is 0 Å². The SMILES string of the molecule is CC(=O)c1cccc(NC(=O)C2CCCN(Cc3nc(-c4ccc(Br)cc4)no3)C2)c1. The molecule has 1 aliphatic heterocycles. The molecule has 2 heterocycles. The van der Waals surface area contributed by atoms with E-state index in [-0.39, 0.29) is 17.6 Å². The van der Waals surface area contributed by atoms with E-state index in [1.54, 1.807) is 24.3 Å². The molecule has 1 unspecified atom stereocenters. The van der Waals surface area contributed by atoms with Crippen molar-refractivity contribution in [1.29, 1.82) is 0 Å². The number of nitrogens with one attached hydrogen (secondary N) is 1. The zero-order valence-electron chi connectivity index (χ0n) is 17.2. The second-order valence-corrected chi connectivity index (χ2v) is 8.63. The number of carbonyl (C=O) groups is 2. The van der Waals surface area contributed by atoms with Crippen LogP contribution in [0.2, 0.25) is 0 Å². The number of piperidine rings is 1. The topological polar surface area (TPSA) is 88.3 Å². The summed E-state index contributed by atoms with van der Waals surface area (Å²) in [5.41, 5.74) is 2.12. The molecule has 1 aliphatic rings. The predicted octanol–water partition coefficient (Wildman–Crippen LogP) is 4.55. The molecule has 2 aromatic carbocycles. The Kier molecular flexibility index (Phi) is 6.58. The summed E-state index contributed by atoms with van der Waals surface area (Å²) in [7, 11) is 0. The largest absolute Gasteiger partial charge is 0.338 e. The lowest BCUT2D eigenvalue weighted by atomic mass is 9.97. The van der Waals surface area contributed by atoms with Crippen LogP contribution in [-0.2, 0) is 11.3 Å². The van der Waals surface area contributed by atoms with E-state index >= 15 is 0 Å². The Hall–Kier alpha value is -2.84. The fourth-order valence-corrected chi connectivity index (χ4v) is 3.96. The number of halogens is 1. The maximum absolute atomic E-state index is 12.8. The van der Waals surface area contributed by atoms with Crippen molar-refractivity contribution in [1.82, 2.24) is 15.0 Å². The second kappa shape index (κ2) is 9.53. The third-order valence-electron chi connectivity index (χ3n) is 5.34. The van der Waals surface area contributed by atoms with Crippen LogP contribution in [0.3, 0.4) is 0 Å². The Labute approximate surface area is 189 Å². The van der Waals surface area contributed by atoms with Gasteiger partial charge in [-0.1, -0.05) is 33.2 Å². The highest BCUT2D eigenvalue weighted by Gasteiger charge is 2.27. The Balaban J connectivity index is 1.36. The predicted molar refractivity (Wildman–Crippen MR) is 121 cm³/mol. The van der Waals surface area contributed by atoms with Crippen molar-refractivity contribution < 1.29 is 14.1 Å². The summed E-state index contributed by atoms with van der Waals surface area (Å²) in [5, 5.41) is 7.03. The molecule has 0 spiro atoms. The Bertz CT molecular complexity index is 1080. The van der Waals surface area contributed by atoms with E-state index in [2.05, 4.69) is 36.3 Å². The number of aromatic nitrogens is 2. The summed E-state index contributed by atoms with van der Waals surface area (Å²) in [6.45, 7) is 3.51. The molecule has 1 fully saturated rings. The van der Waals surface area contributed by atoms with Crippen molar-refractivity contribution >= 4 is 33.3 Å². The van der Waals surface area contributed by atoms with Gasteiger partial charge in [0.25, 0.3) is 0 Å². The van der Waals surface area contributed by atoms with Gasteiger partial charge in [-0.15, -0.1) is 0 Å². The number of hydrogen-bond donors (Lipinski definition) is 1. The van der Waals surface area contributed by atoms with Gasteiger partial charge in [0.15, 0.2) is 5.78 Å². The molecule has 1 aromatic heterocycles. The number of anilines is 1. The van der Waals surface area contributed by atoms with Crippen LogP contribution < -0.4 is 5.32 Å². The number of ketones is 1. The Morgan fingerprint density at radius 1 is 1.23 bits per heavy atom. The van der Waals surface area contributed by atoms with Gasteiger partial charge in [0.2, 0.25) is 17.6 Å². The van der Waals surface area contributed by atoms with Crippen molar-refractivity contribution in [3.05, 3.63) is 64.5 Å². The van der Waals surface area contributed by atoms with Gasteiger partial charge in [0.1, 0.15) is 0 Å². The lowest BCUT2D eigenvalue weighted by Crippen LogP contribution is -2.40. The van der Waals surface area contributed by atoms with Crippen LogP contribution in [0.25, 0.3) is 11.4 Å². The van der Waals surface area contributed by atoms with Gasteiger partial charge in [-0.05, 0) is 62.7 Å². The molecule has 3 aromatic rings. The smallest absolute Gasteiger partial charge is 0.241 e.